The lowest BCUT2D eigenvalue weighted by atomic mass is 10.0. The van der Waals surface area contributed by atoms with Crippen molar-refractivity contribution in [2.45, 2.75) is 13.5 Å². The van der Waals surface area contributed by atoms with Crippen LogP contribution in [0.3, 0.4) is 0 Å². The number of aryl methyl sites for hydroxylation is 1. The number of nitrogens with one attached hydrogen (secondary N) is 1. The third kappa shape index (κ3) is 3.74. The first-order valence-electron chi connectivity index (χ1n) is 7.87. The minimum Gasteiger partial charge on any atom is -0.461 e. The molecule has 1 aromatic heterocycles. The number of hydrogen-bond donors (Lipinski definition) is 1. The van der Waals surface area contributed by atoms with Crippen LogP contribution in [-0.4, -0.2) is 31.1 Å². The van der Waals surface area contributed by atoms with Gasteiger partial charge in [0.05, 0.1) is 0 Å². The quantitative estimate of drug-likeness (QED) is 0.909. The smallest absolute Gasteiger partial charge is 0.134 e. The highest BCUT2D eigenvalue weighted by atomic mass is 35.5. The lowest BCUT2D eigenvalue weighted by Gasteiger charge is -2.18. The van der Waals surface area contributed by atoms with Gasteiger partial charge in [0.15, 0.2) is 0 Å². The van der Waals surface area contributed by atoms with Gasteiger partial charge in [0.1, 0.15) is 11.5 Å². The molecular formula is C18H24Cl2N2O. The van der Waals surface area contributed by atoms with Gasteiger partial charge >= 0.3 is 0 Å². The van der Waals surface area contributed by atoms with Gasteiger partial charge in [0.25, 0.3) is 0 Å². The van der Waals surface area contributed by atoms with Crippen molar-refractivity contribution in [3.8, 4) is 11.3 Å². The van der Waals surface area contributed by atoms with Gasteiger partial charge in [-0.2, -0.15) is 0 Å². The van der Waals surface area contributed by atoms with Gasteiger partial charge in [-0.3, -0.25) is 4.90 Å². The summed E-state index contributed by atoms with van der Waals surface area (Å²) >= 11 is 0. The van der Waals surface area contributed by atoms with E-state index in [2.05, 4.69) is 40.5 Å². The second-order valence-electron chi connectivity index (χ2n) is 6.44. The van der Waals surface area contributed by atoms with E-state index in [1.165, 1.54) is 37.3 Å². The zero-order valence-corrected chi connectivity index (χ0v) is 15.0. The Morgan fingerprint density at radius 2 is 1.74 bits per heavy atom. The molecule has 1 aromatic carbocycles. The summed E-state index contributed by atoms with van der Waals surface area (Å²) in [5.41, 5.74) is 2.61. The molecular weight excluding hydrogens is 331 g/mol. The molecule has 2 fully saturated rings. The predicted molar refractivity (Wildman–Crippen MR) is 98.5 cm³/mol. The summed E-state index contributed by atoms with van der Waals surface area (Å²) < 4.78 is 5.82. The van der Waals surface area contributed by atoms with E-state index in [-0.39, 0.29) is 24.8 Å². The average molecular weight is 355 g/mol. The van der Waals surface area contributed by atoms with Gasteiger partial charge in [-0.25, -0.2) is 0 Å². The van der Waals surface area contributed by atoms with E-state index in [0.717, 1.165) is 29.9 Å². The monoisotopic (exact) mass is 354 g/mol. The Bertz CT molecular complexity index is 631. The predicted octanol–water partition coefficient (Wildman–Crippen LogP) is 3.75. The fraction of sp³-hybridized carbons (Fsp3) is 0.444. The first-order valence-corrected chi connectivity index (χ1v) is 7.87. The maximum atomic E-state index is 5.82. The molecule has 5 heteroatoms. The summed E-state index contributed by atoms with van der Waals surface area (Å²) in [5, 5.41) is 3.51. The number of rotatable bonds is 3. The van der Waals surface area contributed by atoms with Crippen LogP contribution in [0.4, 0.5) is 0 Å². The second kappa shape index (κ2) is 7.71. The van der Waals surface area contributed by atoms with Crippen molar-refractivity contribution in [1.29, 1.82) is 0 Å². The molecule has 2 aliphatic heterocycles. The topological polar surface area (TPSA) is 28.4 Å². The third-order valence-electron chi connectivity index (χ3n) is 4.88. The SMILES string of the molecule is Cc1ccc(-c2ccccc2CN2C[C@H]3CNC[C@H]3C2)o1.Cl.Cl. The van der Waals surface area contributed by atoms with Crippen molar-refractivity contribution >= 4 is 24.8 Å². The summed E-state index contributed by atoms with van der Waals surface area (Å²) in [4.78, 5) is 2.60. The van der Waals surface area contributed by atoms with Gasteiger partial charge in [-0.15, -0.1) is 24.8 Å². The van der Waals surface area contributed by atoms with Crippen LogP contribution in [0.2, 0.25) is 0 Å². The van der Waals surface area contributed by atoms with Crippen LogP contribution in [0.15, 0.2) is 40.8 Å². The summed E-state index contributed by atoms with van der Waals surface area (Å²) in [7, 11) is 0. The molecule has 0 unspecified atom stereocenters. The van der Waals surface area contributed by atoms with Crippen LogP contribution in [0, 0.1) is 18.8 Å². The van der Waals surface area contributed by atoms with Crippen molar-refractivity contribution in [1.82, 2.24) is 10.2 Å². The second-order valence-corrected chi connectivity index (χ2v) is 6.44. The first kappa shape index (κ1) is 18.3. The zero-order valence-electron chi connectivity index (χ0n) is 13.3. The number of halogens is 2. The van der Waals surface area contributed by atoms with Gasteiger partial charge < -0.3 is 9.73 Å². The highest BCUT2D eigenvalue weighted by Gasteiger charge is 2.35. The summed E-state index contributed by atoms with van der Waals surface area (Å²) in [6.07, 6.45) is 0. The van der Waals surface area contributed by atoms with Gasteiger partial charge in [-0.1, -0.05) is 24.3 Å². The van der Waals surface area contributed by atoms with Crippen LogP contribution in [-0.2, 0) is 6.54 Å². The van der Waals surface area contributed by atoms with Crippen LogP contribution < -0.4 is 5.32 Å². The Morgan fingerprint density at radius 1 is 1.04 bits per heavy atom. The normalized spacial score (nSPS) is 23.2. The van der Waals surface area contributed by atoms with E-state index >= 15 is 0 Å². The molecule has 23 heavy (non-hydrogen) atoms. The van der Waals surface area contributed by atoms with Crippen molar-refractivity contribution in [2.24, 2.45) is 11.8 Å². The van der Waals surface area contributed by atoms with E-state index in [0.29, 0.717) is 0 Å². The van der Waals surface area contributed by atoms with Gasteiger partial charge in [0.2, 0.25) is 0 Å². The number of hydrogen-bond acceptors (Lipinski definition) is 3. The number of fused-ring (bicyclic) bond motifs is 1. The molecule has 2 atom stereocenters. The number of nitrogens with zero attached hydrogens (tertiary/aromatic N) is 1. The molecule has 0 bridgehead atoms. The Balaban J connectivity index is 0.000000960. The standard InChI is InChI=1S/C18H22N2O.2ClH/c1-13-6-7-18(21-13)17-5-3-2-4-14(17)10-20-11-15-8-19-9-16(15)12-20;;/h2-7,15-16,19H,8-12H2,1H3;2*1H/t15-,16+;;. The average Bonchev–Trinajstić information content (AvgIpc) is 3.15. The molecule has 2 aliphatic rings. The Labute approximate surface area is 150 Å². The van der Waals surface area contributed by atoms with E-state index < -0.39 is 0 Å². The molecule has 3 nitrogen and oxygen atoms in total. The fourth-order valence-corrected chi connectivity index (χ4v) is 3.80. The number of benzene rings is 1. The van der Waals surface area contributed by atoms with Crippen LogP contribution in [0.5, 0.6) is 0 Å². The Kier molecular flexibility index (Phi) is 6.15. The zero-order chi connectivity index (χ0) is 14.2. The summed E-state index contributed by atoms with van der Waals surface area (Å²) in [6.45, 7) is 7.87. The lowest BCUT2D eigenvalue weighted by molar-refractivity contribution is 0.306. The highest BCUT2D eigenvalue weighted by molar-refractivity contribution is 5.85. The lowest BCUT2D eigenvalue weighted by Crippen LogP contribution is -2.25. The van der Waals surface area contributed by atoms with Gasteiger partial charge in [-0.05, 0) is 49.5 Å². The Morgan fingerprint density at radius 3 is 2.39 bits per heavy atom. The molecule has 3 heterocycles. The Hall–Kier alpha value is -1.000. The molecule has 2 saturated heterocycles. The van der Waals surface area contributed by atoms with Crippen molar-refractivity contribution in [3.05, 3.63) is 47.7 Å². The largest absolute Gasteiger partial charge is 0.461 e. The van der Waals surface area contributed by atoms with E-state index in [9.17, 15) is 0 Å². The minimum atomic E-state index is 0. The van der Waals surface area contributed by atoms with Gasteiger partial charge in [0, 0.05) is 25.2 Å². The maximum absolute atomic E-state index is 5.82. The molecule has 1 N–H and O–H groups in total. The highest BCUT2D eigenvalue weighted by Crippen LogP contribution is 2.31. The molecule has 0 aliphatic carbocycles. The summed E-state index contributed by atoms with van der Waals surface area (Å²) in [6, 6.07) is 12.8. The molecule has 0 spiro atoms. The maximum Gasteiger partial charge on any atom is 0.134 e. The number of furan rings is 1. The molecule has 0 amide bonds. The summed E-state index contributed by atoms with van der Waals surface area (Å²) in [5.74, 6) is 3.66. The van der Waals surface area contributed by atoms with E-state index in [4.69, 9.17) is 4.42 Å². The van der Waals surface area contributed by atoms with Crippen LogP contribution in [0.1, 0.15) is 11.3 Å². The first-order chi connectivity index (χ1) is 10.3. The van der Waals surface area contributed by atoms with Crippen molar-refractivity contribution < 1.29 is 4.42 Å². The fourth-order valence-electron chi connectivity index (χ4n) is 3.80. The molecule has 2 aromatic rings. The molecule has 0 radical (unpaired) electrons. The molecule has 0 saturated carbocycles. The van der Waals surface area contributed by atoms with Crippen LogP contribution >= 0.6 is 24.8 Å². The van der Waals surface area contributed by atoms with Crippen molar-refractivity contribution in [2.75, 3.05) is 26.2 Å². The van der Waals surface area contributed by atoms with E-state index in [1.54, 1.807) is 0 Å². The molecule has 4 rings (SSSR count). The number of likely N-dealkylation sites (tertiary alicyclic amines) is 1. The minimum absolute atomic E-state index is 0. The van der Waals surface area contributed by atoms with E-state index in [1.807, 2.05) is 13.0 Å². The van der Waals surface area contributed by atoms with Crippen molar-refractivity contribution in [3.63, 3.8) is 0 Å². The third-order valence-corrected chi connectivity index (χ3v) is 4.88. The molecule has 126 valence electrons. The van der Waals surface area contributed by atoms with Crippen LogP contribution in [0.25, 0.3) is 11.3 Å².